The first-order valence-electron chi connectivity index (χ1n) is 6.53. The summed E-state index contributed by atoms with van der Waals surface area (Å²) < 4.78 is 5.80. The molecule has 0 unspecified atom stereocenters. The SMILES string of the molecule is C=C1OC(c2ccccc2N)=NC12CCCCC2. The molecule has 1 aliphatic carbocycles. The minimum atomic E-state index is -0.185. The number of aliphatic imine (C=N–C) groups is 1. The number of anilines is 1. The van der Waals surface area contributed by atoms with E-state index in [2.05, 4.69) is 6.58 Å². The Morgan fingerprint density at radius 2 is 1.89 bits per heavy atom. The minimum Gasteiger partial charge on any atom is -0.441 e. The summed E-state index contributed by atoms with van der Waals surface area (Å²) >= 11 is 0. The summed E-state index contributed by atoms with van der Waals surface area (Å²) in [4.78, 5) is 4.81. The quantitative estimate of drug-likeness (QED) is 0.768. The maximum absolute atomic E-state index is 5.97. The van der Waals surface area contributed by atoms with Gasteiger partial charge < -0.3 is 10.5 Å². The topological polar surface area (TPSA) is 47.6 Å². The van der Waals surface area contributed by atoms with Crippen molar-refractivity contribution < 1.29 is 4.74 Å². The van der Waals surface area contributed by atoms with Gasteiger partial charge in [-0.25, -0.2) is 4.99 Å². The van der Waals surface area contributed by atoms with Crippen LogP contribution in [0.15, 0.2) is 41.6 Å². The van der Waals surface area contributed by atoms with Crippen molar-refractivity contribution in [1.29, 1.82) is 0 Å². The Kier molecular flexibility index (Phi) is 2.62. The predicted octanol–water partition coefficient (Wildman–Crippen LogP) is 3.26. The van der Waals surface area contributed by atoms with E-state index in [-0.39, 0.29) is 5.54 Å². The lowest BCUT2D eigenvalue weighted by atomic mass is 9.81. The molecule has 2 N–H and O–H groups in total. The van der Waals surface area contributed by atoms with Gasteiger partial charge in [0.05, 0.1) is 5.56 Å². The maximum Gasteiger partial charge on any atom is 0.224 e. The molecule has 0 aromatic heterocycles. The number of ether oxygens (including phenoxy) is 1. The van der Waals surface area contributed by atoms with Crippen LogP contribution in [0.4, 0.5) is 5.69 Å². The fourth-order valence-electron chi connectivity index (χ4n) is 2.83. The Balaban J connectivity index is 1.98. The summed E-state index contributed by atoms with van der Waals surface area (Å²) in [6, 6.07) is 7.69. The van der Waals surface area contributed by atoms with Gasteiger partial charge in [0.2, 0.25) is 5.90 Å². The van der Waals surface area contributed by atoms with Crippen LogP contribution < -0.4 is 5.73 Å². The second kappa shape index (κ2) is 4.16. The van der Waals surface area contributed by atoms with Crippen LogP contribution in [0.5, 0.6) is 0 Å². The first-order chi connectivity index (χ1) is 8.71. The zero-order chi connectivity index (χ0) is 12.6. The Bertz CT molecular complexity index is 513. The zero-order valence-corrected chi connectivity index (χ0v) is 10.5. The number of para-hydroxylation sites is 1. The van der Waals surface area contributed by atoms with E-state index in [1.165, 1.54) is 19.3 Å². The Hall–Kier alpha value is -1.77. The van der Waals surface area contributed by atoms with Crippen molar-refractivity contribution in [3.63, 3.8) is 0 Å². The number of hydrogen-bond acceptors (Lipinski definition) is 3. The molecule has 3 rings (SSSR count). The van der Waals surface area contributed by atoms with E-state index in [0.29, 0.717) is 11.6 Å². The number of nitrogen functional groups attached to an aromatic ring is 1. The van der Waals surface area contributed by atoms with Crippen molar-refractivity contribution in [2.45, 2.75) is 37.6 Å². The van der Waals surface area contributed by atoms with Crippen LogP contribution in [0.3, 0.4) is 0 Å². The van der Waals surface area contributed by atoms with Gasteiger partial charge in [0.25, 0.3) is 0 Å². The second-order valence-corrected chi connectivity index (χ2v) is 5.12. The first kappa shape index (κ1) is 11.3. The lowest BCUT2D eigenvalue weighted by molar-refractivity contribution is 0.285. The van der Waals surface area contributed by atoms with Gasteiger partial charge in [-0.15, -0.1) is 0 Å². The van der Waals surface area contributed by atoms with Gasteiger partial charge in [0.1, 0.15) is 11.3 Å². The molecule has 3 nitrogen and oxygen atoms in total. The predicted molar refractivity (Wildman–Crippen MR) is 73.4 cm³/mol. The van der Waals surface area contributed by atoms with Gasteiger partial charge in [-0.3, -0.25) is 0 Å². The van der Waals surface area contributed by atoms with Crippen molar-refractivity contribution >= 4 is 11.6 Å². The minimum absolute atomic E-state index is 0.185. The summed E-state index contributed by atoms with van der Waals surface area (Å²) in [5.74, 6) is 1.43. The molecule has 0 saturated heterocycles. The van der Waals surface area contributed by atoms with Crippen LogP contribution in [0.2, 0.25) is 0 Å². The summed E-state index contributed by atoms with van der Waals surface area (Å²) in [5, 5.41) is 0. The van der Waals surface area contributed by atoms with E-state index in [1.54, 1.807) is 0 Å². The third-order valence-corrected chi connectivity index (χ3v) is 3.93. The van der Waals surface area contributed by atoms with E-state index in [0.717, 1.165) is 24.2 Å². The fraction of sp³-hybridized carbons (Fsp3) is 0.400. The molecule has 0 amide bonds. The largest absolute Gasteiger partial charge is 0.441 e. The summed E-state index contributed by atoms with van der Waals surface area (Å²) in [5.41, 5.74) is 7.37. The molecule has 3 heteroatoms. The molecule has 18 heavy (non-hydrogen) atoms. The molecule has 1 aromatic rings. The van der Waals surface area contributed by atoms with E-state index >= 15 is 0 Å². The zero-order valence-electron chi connectivity index (χ0n) is 10.5. The van der Waals surface area contributed by atoms with Crippen molar-refractivity contribution in [2.75, 3.05) is 5.73 Å². The molecular formula is C15H18N2O. The van der Waals surface area contributed by atoms with Crippen molar-refractivity contribution in [3.05, 3.63) is 42.2 Å². The molecule has 0 bridgehead atoms. The summed E-state index contributed by atoms with van der Waals surface area (Å²) in [6.07, 6.45) is 5.77. The summed E-state index contributed by atoms with van der Waals surface area (Å²) in [6.45, 7) is 4.06. The van der Waals surface area contributed by atoms with Crippen LogP contribution in [0.1, 0.15) is 37.7 Å². The van der Waals surface area contributed by atoms with E-state index < -0.39 is 0 Å². The van der Waals surface area contributed by atoms with Gasteiger partial charge in [0, 0.05) is 5.69 Å². The number of hydrogen-bond donors (Lipinski definition) is 1. The number of nitrogens with zero attached hydrogens (tertiary/aromatic N) is 1. The molecular weight excluding hydrogens is 224 g/mol. The van der Waals surface area contributed by atoms with Crippen molar-refractivity contribution in [1.82, 2.24) is 0 Å². The Morgan fingerprint density at radius 3 is 2.61 bits per heavy atom. The van der Waals surface area contributed by atoms with Crippen LogP contribution >= 0.6 is 0 Å². The van der Waals surface area contributed by atoms with Gasteiger partial charge in [-0.1, -0.05) is 38.0 Å². The fourth-order valence-corrected chi connectivity index (χ4v) is 2.83. The van der Waals surface area contributed by atoms with Gasteiger partial charge in [0.15, 0.2) is 0 Å². The Morgan fingerprint density at radius 1 is 1.17 bits per heavy atom. The van der Waals surface area contributed by atoms with E-state index in [4.69, 9.17) is 15.5 Å². The number of nitrogens with two attached hydrogens (primary N) is 1. The average molecular weight is 242 g/mol. The molecule has 1 saturated carbocycles. The van der Waals surface area contributed by atoms with Crippen LogP contribution in [0.25, 0.3) is 0 Å². The second-order valence-electron chi connectivity index (χ2n) is 5.12. The van der Waals surface area contributed by atoms with Gasteiger partial charge >= 0.3 is 0 Å². The molecule has 1 aromatic carbocycles. The molecule has 2 aliphatic rings. The molecule has 0 radical (unpaired) electrons. The van der Waals surface area contributed by atoms with E-state index in [1.807, 2.05) is 24.3 Å². The normalized spacial score (nSPS) is 21.8. The van der Waals surface area contributed by atoms with Crippen molar-refractivity contribution in [2.24, 2.45) is 4.99 Å². The monoisotopic (exact) mass is 242 g/mol. The van der Waals surface area contributed by atoms with Gasteiger partial charge in [-0.05, 0) is 25.0 Å². The average Bonchev–Trinajstić information content (AvgIpc) is 2.68. The number of rotatable bonds is 1. The van der Waals surface area contributed by atoms with Crippen molar-refractivity contribution in [3.8, 4) is 0 Å². The highest BCUT2D eigenvalue weighted by Gasteiger charge is 2.42. The molecule has 1 aliphatic heterocycles. The standard InChI is InChI=1S/C15H18N2O/c1-11-15(9-5-2-6-10-15)17-14(18-11)12-7-3-4-8-13(12)16/h3-4,7-8H,1-2,5-6,9-10,16H2. The highest BCUT2D eigenvalue weighted by molar-refractivity contribution is 6.01. The van der Waals surface area contributed by atoms with Crippen LogP contribution in [-0.4, -0.2) is 11.4 Å². The highest BCUT2D eigenvalue weighted by Crippen LogP contribution is 2.42. The smallest absolute Gasteiger partial charge is 0.224 e. The van der Waals surface area contributed by atoms with Crippen LogP contribution in [0, 0.1) is 0 Å². The van der Waals surface area contributed by atoms with E-state index in [9.17, 15) is 0 Å². The third kappa shape index (κ3) is 1.70. The van der Waals surface area contributed by atoms with Crippen LogP contribution in [-0.2, 0) is 4.74 Å². The Labute approximate surface area is 107 Å². The number of benzene rings is 1. The first-order valence-corrected chi connectivity index (χ1v) is 6.53. The summed E-state index contributed by atoms with van der Waals surface area (Å²) in [7, 11) is 0. The molecule has 1 heterocycles. The molecule has 94 valence electrons. The highest BCUT2D eigenvalue weighted by atomic mass is 16.5. The lowest BCUT2D eigenvalue weighted by Gasteiger charge is -2.29. The molecule has 0 atom stereocenters. The molecule has 1 fully saturated rings. The maximum atomic E-state index is 5.97. The third-order valence-electron chi connectivity index (χ3n) is 3.93. The molecule has 1 spiro atoms. The lowest BCUT2D eigenvalue weighted by Crippen LogP contribution is -2.28. The van der Waals surface area contributed by atoms with Gasteiger partial charge in [-0.2, -0.15) is 0 Å².